The van der Waals surface area contributed by atoms with Crippen LogP contribution in [0.5, 0.6) is 17.2 Å². The Balaban J connectivity index is 1.95. The molecule has 0 bridgehead atoms. The van der Waals surface area contributed by atoms with Crippen LogP contribution in [0.25, 0.3) is 0 Å². The number of nitrogens with two attached hydrogens (primary N) is 1. The second kappa shape index (κ2) is 8.42. The fourth-order valence-corrected chi connectivity index (χ4v) is 2.65. The summed E-state index contributed by atoms with van der Waals surface area (Å²) in [7, 11) is 1.55. The molecule has 0 aromatic heterocycles. The predicted molar refractivity (Wildman–Crippen MR) is 97.8 cm³/mol. The van der Waals surface area contributed by atoms with Gasteiger partial charge in [-0.2, -0.15) is 0 Å². The third-order valence-corrected chi connectivity index (χ3v) is 3.93. The van der Waals surface area contributed by atoms with Crippen molar-refractivity contribution in [1.82, 2.24) is 0 Å². The number of amides is 1. The van der Waals surface area contributed by atoms with Gasteiger partial charge in [-0.25, -0.2) is 0 Å². The number of carbonyl (C=O) groups excluding carboxylic acids is 1. The number of benzene rings is 2. The van der Waals surface area contributed by atoms with Crippen LogP contribution in [0.3, 0.4) is 0 Å². The molecule has 0 saturated carbocycles. The van der Waals surface area contributed by atoms with E-state index in [1.165, 1.54) is 11.1 Å². The van der Waals surface area contributed by atoms with E-state index in [0.717, 1.165) is 5.75 Å². The van der Waals surface area contributed by atoms with Gasteiger partial charge in [-0.1, -0.05) is 19.9 Å². The van der Waals surface area contributed by atoms with Crippen molar-refractivity contribution in [3.63, 3.8) is 0 Å². The Bertz CT molecular complexity index is 740. The molecule has 0 spiro atoms. The first-order valence-corrected chi connectivity index (χ1v) is 8.26. The molecule has 1 amide bonds. The summed E-state index contributed by atoms with van der Waals surface area (Å²) >= 11 is 0. The number of rotatable bonds is 8. The lowest BCUT2D eigenvalue weighted by Gasteiger charge is -2.14. The van der Waals surface area contributed by atoms with E-state index in [4.69, 9.17) is 19.9 Å². The highest BCUT2D eigenvalue weighted by atomic mass is 16.5. The molecule has 5 heteroatoms. The number of methoxy groups -OCH3 is 1. The molecule has 0 fully saturated rings. The number of ether oxygens (including phenoxy) is 3. The second-order valence-corrected chi connectivity index (χ2v) is 6.10. The fourth-order valence-electron chi connectivity index (χ4n) is 2.65. The van der Waals surface area contributed by atoms with Crippen molar-refractivity contribution in [1.29, 1.82) is 0 Å². The van der Waals surface area contributed by atoms with Crippen LogP contribution >= 0.6 is 0 Å². The van der Waals surface area contributed by atoms with Crippen LogP contribution in [0.4, 0.5) is 0 Å². The minimum Gasteiger partial charge on any atom is -0.497 e. The Morgan fingerprint density at radius 3 is 2.32 bits per heavy atom. The van der Waals surface area contributed by atoms with Gasteiger partial charge in [-0.05, 0) is 48.2 Å². The first kappa shape index (κ1) is 18.6. The Labute approximate surface area is 148 Å². The van der Waals surface area contributed by atoms with Crippen LogP contribution in [0.15, 0.2) is 36.4 Å². The van der Waals surface area contributed by atoms with Gasteiger partial charge in [0.2, 0.25) is 0 Å². The van der Waals surface area contributed by atoms with Gasteiger partial charge in [0.25, 0.3) is 5.91 Å². The zero-order valence-electron chi connectivity index (χ0n) is 15.2. The molecule has 0 radical (unpaired) electrons. The normalized spacial score (nSPS) is 10.6. The molecule has 0 aliphatic rings. The van der Waals surface area contributed by atoms with E-state index in [-0.39, 0.29) is 0 Å². The van der Waals surface area contributed by atoms with E-state index in [0.29, 0.717) is 36.2 Å². The maximum atomic E-state index is 11.5. The van der Waals surface area contributed by atoms with Crippen molar-refractivity contribution in [3.05, 3.63) is 53.1 Å². The standard InChI is InChI=1S/C20H25NO4/c1-13(2)17-7-6-16(11-14(17)3)24-9-10-25-19-12-15(23-4)5-8-18(19)20(21)22/h5-8,11-13H,9-10H2,1-4H3,(H2,21,22). The van der Waals surface area contributed by atoms with E-state index < -0.39 is 5.91 Å². The quantitative estimate of drug-likeness (QED) is 0.742. The SMILES string of the molecule is COc1ccc(C(N)=O)c(OCCOc2ccc(C(C)C)c(C)c2)c1. The maximum absolute atomic E-state index is 11.5. The molecule has 2 rings (SSSR count). The zero-order chi connectivity index (χ0) is 18.4. The van der Waals surface area contributed by atoms with Crippen molar-refractivity contribution in [2.45, 2.75) is 26.7 Å². The van der Waals surface area contributed by atoms with Gasteiger partial charge in [-0.3, -0.25) is 4.79 Å². The summed E-state index contributed by atoms with van der Waals surface area (Å²) in [6.45, 7) is 7.06. The fraction of sp³-hybridized carbons (Fsp3) is 0.350. The molecule has 0 unspecified atom stereocenters. The second-order valence-electron chi connectivity index (χ2n) is 6.10. The van der Waals surface area contributed by atoms with E-state index in [2.05, 4.69) is 26.8 Å². The molecule has 0 saturated heterocycles. The monoisotopic (exact) mass is 343 g/mol. The van der Waals surface area contributed by atoms with Gasteiger partial charge in [0.05, 0.1) is 12.7 Å². The van der Waals surface area contributed by atoms with Crippen molar-refractivity contribution in [2.24, 2.45) is 5.73 Å². The van der Waals surface area contributed by atoms with Gasteiger partial charge in [0.15, 0.2) is 0 Å². The first-order valence-electron chi connectivity index (χ1n) is 8.26. The van der Waals surface area contributed by atoms with Crippen molar-refractivity contribution in [2.75, 3.05) is 20.3 Å². The number of hydrogen-bond acceptors (Lipinski definition) is 4. The van der Waals surface area contributed by atoms with Crippen molar-refractivity contribution < 1.29 is 19.0 Å². The van der Waals surface area contributed by atoms with Crippen LogP contribution < -0.4 is 19.9 Å². The topological polar surface area (TPSA) is 70.8 Å². The molecule has 0 atom stereocenters. The third-order valence-electron chi connectivity index (χ3n) is 3.93. The summed E-state index contributed by atoms with van der Waals surface area (Å²) in [4.78, 5) is 11.5. The van der Waals surface area contributed by atoms with Gasteiger partial charge < -0.3 is 19.9 Å². The van der Waals surface area contributed by atoms with E-state index >= 15 is 0 Å². The number of hydrogen-bond donors (Lipinski definition) is 1. The molecule has 25 heavy (non-hydrogen) atoms. The highest BCUT2D eigenvalue weighted by Gasteiger charge is 2.11. The van der Waals surface area contributed by atoms with Crippen LogP contribution in [-0.4, -0.2) is 26.2 Å². The predicted octanol–water partition coefficient (Wildman–Crippen LogP) is 3.68. The summed E-state index contributed by atoms with van der Waals surface area (Å²) in [6, 6.07) is 11.0. The van der Waals surface area contributed by atoms with Gasteiger partial charge in [0, 0.05) is 6.07 Å². The zero-order valence-corrected chi connectivity index (χ0v) is 15.2. The molecule has 0 aliphatic heterocycles. The highest BCUT2D eigenvalue weighted by molar-refractivity contribution is 5.95. The van der Waals surface area contributed by atoms with E-state index in [1.807, 2.05) is 12.1 Å². The molecule has 0 aliphatic carbocycles. The summed E-state index contributed by atoms with van der Waals surface area (Å²) in [6.07, 6.45) is 0. The Morgan fingerprint density at radius 2 is 1.72 bits per heavy atom. The molecular weight excluding hydrogens is 318 g/mol. The van der Waals surface area contributed by atoms with Crippen LogP contribution in [-0.2, 0) is 0 Å². The maximum Gasteiger partial charge on any atom is 0.252 e. The number of aryl methyl sites for hydroxylation is 1. The summed E-state index contributed by atoms with van der Waals surface area (Å²) in [5.41, 5.74) is 8.20. The number of primary amides is 1. The van der Waals surface area contributed by atoms with Crippen molar-refractivity contribution >= 4 is 5.91 Å². The lowest BCUT2D eigenvalue weighted by atomic mass is 9.98. The first-order chi connectivity index (χ1) is 11.9. The lowest BCUT2D eigenvalue weighted by molar-refractivity contribution is 0.0995. The molecule has 0 heterocycles. The molecule has 134 valence electrons. The third kappa shape index (κ3) is 4.89. The number of carbonyl (C=O) groups is 1. The minimum absolute atomic E-state index is 0.290. The van der Waals surface area contributed by atoms with Crippen LogP contribution in [0, 0.1) is 6.92 Å². The summed E-state index contributed by atoms with van der Waals surface area (Å²) in [5.74, 6) is 1.73. The average Bonchev–Trinajstić information content (AvgIpc) is 2.58. The minimum atomic E-state index is -0.543. The Hall–Kier alpha value is -2.69. The molecule has 2 aromatic rings. The smallest absolute Gasteiger partial charge is 0.252 e. The largest absolute Gasteiger partial charge is 0.497 e. The lowest BCUT2D eigenvalue weighted by Crippen LogP contribution is -2.15. The van der Waals surface area contributed by atoms with Crippen molar-refractivity contribution in [3.8, 4) is 17.2 Å². The summed E-state index contributed by atoms with van der Waals surface area (Å²) < 4.78 is 16.5. The Kier molecular flexibility index (Phi) is 6.28. The average molecular weight is 343 g/mol. The van der Waals surface area contributed by atoms with E-state index in [1.54, 1.807) is 25.3 Å². The molecular formula is C20H25NO4. The molecule has 2 aromatic carbocycles. The molecule has 5 nitrogen and oxygen atoms in total. The van der Waals surface area contributed by atoms with Gasteiger partial charge in [0.1, 0.15) is 30.5 Å². The van der Waals surface area contributed by atoms with Gasteiger partial charge in [-0.15, -0.1) is 0 Å². The van der Waals surface area contributed by atoms with Gasteiger partial charge >= 0.3 is 0 Å². The van der Waals surface area contributed by atoms with E-state index in [9.17, 15) is 4.79 Å². The van der Waals surface area contributed by atoms with Crippen LogP contribution in [0.1, 0.15) is 41.3 Å². The summed E-state index contributed by atoms with van der Waals surface area (Å²) in [5, 5.41) is 0. The molecule has 2 N–H and O–H groups in total. The van der Waals surface area contributed by atoms with Crippen LogP contribution in [0.2, 0.25) is 0 Å². The highest BCUT2D eigenvalue weighted by Crippen LogP contribution is 2.25. The Morgan fingerprint density at radius 1 is 1.04 bits per heavy atom.